The van der Waals surface area contributed by atoms with Crippen LogP contribution in [0.25, 0.3) is 43.4 Å². The molecule has 0 atom stereocenters. The molecule has 140 valence electrons. The van der Waals surface area contributed by atoms with Gasteiger partial charge in [0.1, 0.15) is 11.2 Å². The highest BCUT2D eigenvalue weighted by atomic mass is 32.1. The molecule has 3 heterocycles. The van der Waals surface area contributed by atoms with Crippen LogP contribution in [0.15, 0.2) is 47.0 Å². The van der Waals surface area contributed by atoms with Crippen molar-refractivity contribution >= 4 is 43.5 Å². The molecule has 0 saturated carbocycles. The molecular formula is C24H22N2OS. The van der Waals surface area contributed by atoms with E-state index in [1.807, 2.05) is 24.3 Å². The molecule has 2 aromatic carbocycles. The van der Waals surface area contributed by atoms with Crippen molar-refractivity contribution in [2.24, 2.45) is 0 Å². The van der Waals surface area contributed by atoms with Gasteiger partial charge in [-0.15, -0.1) is 11.3 Å². The lowest BCUT2D eigenvalue weighted by Crippen LogP contribution is -2.09. The van der Waals surface area contributed by atoms with Gasteiger partial charge in [-0.05, 0) is 49.1 Å². The lowest BCUT2D eigenvalue weighted by atomic mass is 9.98. The van der Waals surface area contributed by atoms with Crippen LogP contribution >= 0.6 is 11.3 Å². The van der Waals surface area contributed by atoms with E-state index in [1.165, 1.54) is 6.07 Å². The number of hydrogen-bond donors (Lipinski definition) is 0. The van der Waals surface area contributed by atoms with Gasteiger partial charge in [-0.1, -0.05) is 32.9 Å². The normalized spacial score (nSPS) is 16.5. The molecule has 0 spiro atoms. The second-order valence-electron chi connectivity index (χ2n) is 7.96. The van der Waals surface area contributed by atoms with E-state index in [0.717, 1.165) is 32.2 Å². The third kappa shape index (κ3) is 2.55. The fourth-order valence-electron chi connectivity index (χ4n) is 3.39. The summed E-state index contributed by atoms with van der Waals surface area (Å²) in [7, 11) is 0. The van der Waals surface area contributed by atoms with Crippen LogP contribution in [-0.2, 0) is 5.41 Å². The molecule has 0 fully saturated rings. The fourth-order valence-corrected chi connectivity index (χ4v) is 4.57. The van der Waals surface area contributed by atoms with E-state index in [0.29, 0.717) is 22.4 Å². The van der Waals surface area contributed by atoms with Crippen molar-refractivity contribution in [3.05, 3.63) is 58.7 Å². The van der Waals surface area contributed by atoms with Crippen LogP contribution in [0.3, 0.4) is 0 Å². The summed E-state index contributed by atoms with van der Waals surface area (Å²) in [6.45, 7) is 1.21. The molecule has 5 aromatic rings. The summed E-state index contributed by atoms with van der Waals surface area (Å²) in [6, 6.07) is 10.8. The number of pyridine rings is 1. The Labute approximate surface area is 176 Å². The maximum atomic E-state index is 7.87. The summed E-state index contributed by atoms with van der Waals surface area (Å²) in [5.74, 6) is 0. The minimum absolute atomic E-state index is 0.0825. The van der Waals surface area contributed by atoms with Crippen LogP contribution in [0.1, 0.15) is 45.1 Å². The van der Waals surface area contributed by atoms with E-state index in [1.54, 1.807) is 17.4 Å². The molecule has 0 N–H and O–H groups in total. The minimum atomic E-state index is -2.60. The van der Waals surface area contributed by atoms with Crippen LogP contribution in [0, 0.1) is 13.7 Å². The zero-order valence-electron chi connectivity index (χ0n) is 21.8. The smallest absolute Gasteiger partial charge is 0.144 e. The van der Waals surface area contributed by atoms with Gasteiger partial charge in [-0.2, -0.15) is 0 Å². The SMILES string of the molecule is [2H]C([2H])([2H])c1cnc(-c2cccc3c2oc2ccc4nc(C(C)(C)C)sc4c23)cc1C([2H])([2H])[2H]. The Morgan fingerprint density at radius 1 is 1.07 bits per heavy atom. The molecule has 0 amide bonds. The van der Waals surface area contributed by atoms with Crippen molar-refractivity contribution in [1.29, 1.82) is 0 Å². The molecule has 0 aliphatic carbocycles. The van der Waals surface area contributed by atoms with Crippen LogP contribution in [-0.4, -0.2) is 9.97 Å². The quantitative estimate of drug-likeness (QED) is 0.303. The molecule has 5 rings (SSSR count). The minimum Gasteiger partial charge on any atom is -0.455 e. The summed E-state index contributed by atoms with van der Waals surface area (Å²) in [6.07, 6.45) is 1.14. The van der Waals surface area contributed by atoms with Gasteiger partial charge in [-0.3, -0.25) is 4.98 Å². The average molecular weight is 393 g/mol. The molecule has 0 aliphatic heterocycles. The number of thiazole rings is 1. The zero-order valence-corrected chi connectivity index (χ0v) is 16.6. The third-order valence-corrected chi connectivity index (χ3v) is 6.35. The van der Waals surface area contributed by atoms with Gasteiger partial charge in [0, 0.05) is 36.2 Å². The van der Waals surface area contributed by atoms with Crippen molar-refractivity contribution in [1.82, 2.24) is 9.97 Å². The van der Waals surface area contributed by atoms with Crippen LogP contribution in [0.2, 0.25) is 0 Å². The van der Waals surface area contributed by atoms with E-state index >= 15 is 0 Å². The monoisotopic (exact) mass is 392 g/mol. The topological polar surface area (TPSA) is 38.9 Å². The first-order valence-electron chi connectivity index (χ1n) is 12.0. The van der Waals surface area contributed by atoms with E-state index in [4.69, 9.17) is 17.6 Å². The molecule has 3 aromatic heterocycles. The first-order chi connectivity index (χ1) is 15.7. The van der Waals surface area contributed by atoms with E-state index in [9.17, 15) is 0 Å². The summed E-state index contributed by atoms with van der Waals surface area (Å²) in [5.41, 5.74) is 2.54. The Bertz CT molecular complexity index is 1570. The van der Waals surface area contributed by atoms with Gasteiger partial charge >= 0.3 is 0 Å². The summed E-state index contributed by atoms with van der Waals surface area (Å²) >= 11 is 1.64. The molecule has 0 unspecified atom stereocenters. The van der Waals surface area contributed by atoms with Gasteiger partial charge in [-0.25, -0.2) is 4.98 Å². The van der Waals surface area contributed by atoms with Gasteiger partial charge in [0.05, 0.1) is 20.9 Å². The van der Waals surface area contributed by atoms with Crippen molar-refractivity contribution in [2.75, 3.05) is 0 Å². The van der Waals surface area contributed by atoms with Gasteiger partial charge in [0.25, 0.3) is 0 Å². The molecular weight excluding hydrogens is 364 g/mol. The molecule has 0 bridgehead atoms. The standard InChI is InChI=1S/C24H22N2OS/c1-13-11-18(25-12-14(13)2)15-7-6-8-16-20-19(27-21(15)16)10-9-17-22(20)28-23(26-17)24(3,4)5/h6-12H,1-5H3/i1D3,2D3. The molecule has 0 saturated heterocycles. The first kappa shape index (κ1) is 12.0. The highest BCUT2D eigenvalue weighted by Gasteiger charge is 2.22. The number of aromatic nitrogens is 2. The second kappa shape index (κ2) is 5.89. The second-order valence-corrected chi connectivity index (χ2v) is 8.95. The first-order valence-corrected chi connectivity index (χ1v) is 9.83. The molecule has 0 radical (unpaired) electrons. The van der Waals surface area contributed by atoms with Gasteiger partial charge in [0.15, 0.2) is 0 Å². The number of furan rings is 1. The fraction of sp³-hybridized carbons (Fsp3) is 0.250. The Morgan fingerprint density at radius 2 is 1.93 bits per heavy atom. The van der Waals surface area contributed by atoms with Crippen molar-refractivity contribution < 1.29 is 12.6 Å². The van der Waals surface area contributed by atoms with E-state index in [-0.39, 0.29) is 16.5 Å². The maximum absolute atomic E-state index is 7.87. The Hall–Kier alpha value is -2.72. The van der Waals surface area contributed by atoms with Crippen molar-refractivity contribution in [3.63, 3.8) is 0 Å². The number of aryl methyl sites for hydroxylation is 2. The van der Waals surface area contributed by atoms with Crippen LogP contribution in [0.5, 0.6) is 0 Å². The molecule has 3 nitrogen and oxygen atoms in total. The largest absolute Gasteiger partial charge is 0.455 e. The summed E-state index contributed by atoms with van der Waals surface area (Å²) < 4.78 is 54.1. The van der Waals surface area contributed by atoms with Crippen molar-refractivity contribution in [2.45, 2.75) is 39.9 Å². The van der Waals surface area contributed by atoms with Gasteiger partial charge in [0.2, 0.25) is 0 Å². The zero-order chi connectivity index (χ0) is 24.6. The van der Waals surface area contributed by atoms with E-state index < -0.39 is 13.7 Å². The van der Waals surface area contributed by atoms with Crippen molar-refractivity contribution in [3.8, 4) is 11.3 Å². The molecule has 0 aliphatic rings. The number of rotatable bonds is 1. The Balaban J connectivity index is 1.78. The lowest BCUT2D eigenvalue weighted by molar-refractivity contribution is 0.587. The summed E-state index contributed by atoms with van der Waals surface area (Å²) in [5, 5.41) is 2.86. The van der Waals surface area contributed by atoms with Gasteiger partial charge < -0.3 is 4.42 Å². The number of fused-ring (bicyclic) bond motifs is 5. The lowest BCUT2D eigenvalue weighted by Gasteiger charge is -2.13. The molecule has 4 heteroatoms. The Kier molecular flexibility index (Phi) is 2.52. The number of nitrogens with zero attached hydrogens (tertiary/aromatic N) is 2. The van der Waals surface area contributed by atoms with Crippen LogP contribution in [0.4, 0.5) is 0 Å². The predicted octanol–water partition coefficient (Wildman–Crippen LogP) is 7.17. The Morgan fingerprint density at radius 3 is 2.71 bits per heavy atom. The number of benzene rings is 2. The molecule has 28 heavy (non-hydrogen) atoms. The maximum Gasteiger partial charge on any atom is 0.144 e. The third-order valence-electron chi connectivity index (χ3n) is 4.84. The predicted molar refractivity (Wildman–Crippen MR) is 118 cm³/mol. The number of hydrogen-bond acceptors (Lipinski definition) is 4. The van der Waals surface area contributed by atoms with Crippen LogP contribution < -0.4 is 0 Å². The number of para-hydroxylation sites is 1. The summed E-state index contributed by atoms with van der Waals surface area (Å²) in [4.78, 5) is 9.15. The van der Waals surface area contributed by atoms with E-state index in [2.05, 4.69) is 25.8 Å². The highest BCUT2D eigenvalue weighted by molar-refractivity contribution is 7.19. The average Bonchev–Trinajstić information content (AvgIpc) is 3.32. The highest BCUT2D eigenvalue weighted by Crippen LogP contribution is 2.42.